The van der Waals surface area contributed by atoms with E-state index in [0.717, 1.165) is 45.9 Å². The number of nitrogens with zero attached hydrogens (tertiary/aromatic N) is 2. The molecule has 0 unspecified atom stereocenters. The maximum absolute atomic E-state index is 12.3. The van der Waals surface area contributed by atoms with Gasteiger partial charge in [-0.2, -0.15) is 5.10 Å². The molecule has 0 saturated heterocycles. The second-order valence-corrected chi connectivity index (χ2v) is 9.62. The van der Waals surface area contributed by atoms with Crippen LogP contribution < -0.4 is 10.6 Å². The Hall–Kier alpha value is -4.48. The Bertz CT molecular complexity index is 1430. The summed E-state index contributed by atoms with van der Waals surface area (Å²) >= 11 is 0. The first-order valence-corrected chi connectivity index (χ1v) is 14.9. The van der Waals surface area contributed by atoms with E-state index in [-0.39, 0.29) is 5.82 Å². The molecule has 0 aliphatic heterocycles. The summed E-state index contributed by atoms with van der Waals surface area (Å²) in [4.78, 5) is 0. The van der Waals surface area contributed by atoms with Gasteiger partial charge in [-0.05, 0) is 104 Å². The Morgan fingerprint density at radius 3 is 1.82 bits per heavy atom. The molecule has 0 bridgehead atoms. The maximum atomic E-state index is 12.3. The molecule has 0 aliphatic carbocycles. The third-order valence-corrected chi connectivity index (χ3v) is 6.63. The second-order valence-electron chi connectivity index (χ2n) is 9.62. The fourth-order valence-electron chi connectivity index (χ4n) is 3.97. The van der Waals surface area contributed by atoms with Gasteiger partial charge in [-0.1, -0.05) is 75.0 Å². The summed E-state index contributed by atoms with van der Waals surface area (Å²) in [5.74, 6) is 0.765. The number of hydrogen-bond donors (Lipinski definition) is 2. The van der Waals surface area contributed by atoms with Gasteiger partial charge in [0.2, 0.25) is 0 Å². The molecule has 236 valence electrons. The van der Waals surface area contributed by atoms with Crippen LogP contribution in [0.3, 0.4) is 0 Å². The molecule has 4 rings (SSSR count). The predicted octanol–water partition coefficient (Wildman–Crippen LogP) is 9.90. The molecule has 0 spiro atoms. The minimum Gasteiger partial charge on any atom is -0.366 e. The number of hydrogen-bond acceptors (Lipinski definition) is 3. The summed E-state index contributed by atoms with van der Waals surface area (Å²) in [6.45, 7) is 32.0. The van der Waals surface area contributed by atoms with Gasteiger partial charge in [0.15, 0.2) is 0 Å². The zero-order chi connectivity index (χ0) is 33.7. The molecule has 5 heteroatoms. The fourth-order valence-corrected chi connectivity index (χ4v) is 3.97. The van der Waals surface area contributed by atoms with Gasteiger partial charge < -0.3 is 10.6 Å². The molecule has 0 amide bonds. The number of benzene rings is 3. The molecule has 4 aromatic rings. The maximum Gasteiger partial charge on any atom is 0.128 e. The normalized spacial score (nSPS) is 9.89. The van der Waals surface area contributed by atoms with Crippen molar-refractivity contribution in [1.82, 2.24) is 20.4 Å². The van der Waals surface area contributed by atoms with Gasteiger partial charge in [0.25, 0.3) is 0 Å². The highest BCUT2D eigenvalue weighted by atomic mass is 19.1. The topological polar surface area (TPSA) is 41.9 Å². The lowest BCUT2D eigenvalue weighted by atomic mass is 10.0. The van der Waals surface area contributed by atoms with Crippen LogP contribution in [-0.2, 0) is 13.1 Å². The van der Waals surface area contributed by atoms with Crippen molar-refractivity contribution in [3.8, 4) is 0 Å². The van der Waals surface area contributed by atoms with Crippen molar-refractivity contribution in [3.05, 3.63) is 162 Å². The standard InChI is InChI=1S/C25H30N4.C8H9F.C2H6.2C2H4/c1-18-8-6-7-9-24(18)19(2)14-25(29-21(4)20(3)15-28-29)27-17-23-12-10-22(11-13-23)16-26-5;1-6-3-4-8(9)5-7(6)2;3*1-2/h6-15,26-27H,2,16-17H2,1,3-5H3;3-5H,1-2H3;1-2H3;2*1-2H2/b25-14-;;;;. The Morgan fingerprint density at radius 1 is 0.773 bits per heavy atom. The third-order valence-electron chi connectivity index (χ3n) is 6.63. The molecule has 44 heavy (non-hydrogen) atoms. The molecule has 0 aliphatic rings. The summed E-state index contributed by atoms with van der Waals surface area (Å²) < 4.78 is 14.3. The van der Waals surface area contributed by atoms with E-state index in [1.54, 1.807) is 6.07 Å². The van der Waals surface area contributed by atoms with Crippen LogP contribution in [0.25, 0.3) is 11.4 Å². The van der Waals surface area contributed by atoms with Crippen molar-refractivity contribution in [2.75, 3.05) is 7.05 Å². The van der Waals surface area contributed by atoms with Crippen LogP contribution in [0.4, 0.5) is 4.39 Å². The zero-order valence-corrected chi connectivity index (χ0v) is 28.2. The van der Waals surface area contributed by atoms with Crippen LogP contribution in [0.5, 0.6) is 0 Å². The monoisotopic (exact) mass is 596 g/mol. The van der Waals surface area contributed by atoms with Crippen molar-refractivity contribution >= 4 is 11.4 Å². The molecule has 0 atom stereocenters. The van der Waals surface area contributed by atoms with E-state index >= 15 is 0 Å². The van der Waals surface area contributed by atoms with E-state index in [9.17, 15) is 4.39 Å². The van der Waals surface area contributed by atoms with Gasteiger partial charge in [-0.25, -0.2) is 9.07 Å². The van der Waals surface area contributed by atoms with E-state index in [0.29, 0.717) is 6.54 Å². The van der Waals surface area contributed by atoms with Gasteiger partial charge in [0.05, 0.1) is 6.20 Å². The summed E-state index contributed by atoms with van der Waals surface area (Å²) in [7, 11) is 1.96. The van der Waals surface area contributed by atoms with Gasteiger partial charge in [-0.3, -0.25) is 0 Å². The molecular weight excluding hydrogens is 543 g/mol. The van der Waals surface area contributed by atoms with Crippen LogP contribution in [0.2, 0.25) is 0 Å². The minimum atomic E-state index is -0.155. The molecule has 0 saturated carbocycles. The van der Waals surface area contributed by atoms with Crippen LogP contribution in [0.1, 0.15) is 58.5 Å². The average molecular weight is 597 g/mol. The Balaban J connectivity index is 0.00000103. The smallest absolute Gasteiger partial charge is 0.128 e. The lowest BCUT2D eigenvalue weighted by molar-refractivity contribution is 0.626. The highest BCUT2D eigenvalue weighted by Gasteiger charge is 2.10. The first-order chi connectivity index (χ1) is 21.2. The van der Waals surface area contributed by atoms with Gasteiger partial charge >= 0.3 is 0 Å². The van der Waals surface area contributed by atoms with Crippen LogP contribution in [0.15, 0.2) is 112 Å². The first kappa shape index (κ1) is 39.5. The summed E-state index contributed by atoms with van der Waals surface area (Å²) in [6.07, 6.45) is 3.98. The molecule has 4 nitrogen and oxygen atoms in total. The molecule has 1 heterocycles. The first-order valence-electron chi connectivity index (χ1n) is 14.9. The Labute approximate surface area is 266 Å². The van der Waals surface area contributed by atoms with Crippen molar-refractivity contribution in [3.63, 3.8) is 0 Å². The van der Waals surface area contributed by atoms with E-state index in [4.69, 9.17) is 0 Å². The number of aromatic nitrogens is 2. The highest BCUT2D eigenvalue weighted by molar-refractivity contribution is 5.79. The minimum absolute atomic E-state index is 0.155. The van der Waals surface area contributed by atoms with Crippen molar-refractivity contribution in [2.24, 2.45) is 0 Å². The van der Waals surface area contributed by atoms with Gasteiger partial charge in [-0.15, -0.1) is 26.3 Å². The van der Waals surface area contributed by atoms with Gasteiger partial charge in [0, 0.05) is 18.8 Å². The number of aryl methyl sites for hydroxylation is 4. The van der Waals surface area contributed by atoms with Crippen molar-refractivity contribution in [1.29, 1.82) is 0 Å². The average Bonchev–Trinajstić information content (AvgIpc) is 3.38. The number of allylic oxidation sites excluding steroid dienone is 2. The van der Waals surface area contributed by atoms with Crippen LogP contribution in [-0.4, -0.2) is 16.8 Å². The third kappa shape index (κ3) is 12.8. The lowest BCUT2D eigenvalue weighted by Crippen LogP contribution is -2.19. The molecule has 2 N–H and O–H groups in total. The Kier molecular flexibility index (Phi) is 19.9. The number of nitrogens with one attached hydrogen (secondary N) is 2. The molecule has 0 fully saturated rings. The van der Waals surface area contributed by atoms with Crippen molar-refractivity contribution in [2.45, 2.75) is 61.6 Å². The largest absolute Gasteiger partial charge is 0.366 e. The van der Waals surface area contributed by atoms with Gasteiger partial charge in [0.1, 0.15) is 11.6 Å². The second kappa shape index (κ2) is 22.1. The summed E-state index contributed by atoms with van der Waals surface area (Å²) in [5.41, 5.74) is 10.2. The fraction of sp³-hybridized carbons (Fsp3) is 0.256. The SMILES string of the molecule is C=C.C=C.C=C(/C=C(/NCc1ccc(CNC)cc1)n1ncc(C)c1C)c1ccccc1C.CC.Cc1ccc(F)cc1C. The van der Waals surface area contributed by atoms with E-state index in [2.05, 4.69) is 112 Å². The zero-order valence-electron chi connectivity index (χ0n) is 28.2. The molecule has 1 aromatic heterocycles. The molecular formula is C39H53FN4. The summed E-state index contributed by atoms with van der Waals surface area (Å²) in [5, 5.41) is 11.3. The molecule has 3 aromatic carbocycles. The van der Waals surface area contributed by atoms with E-state index < -0.39 is 0 Å². The highest BCUT2D eigenvalue weighted by Crippen LogP contribution is 2.21. The predicted molar refractivity (Wildman–Crippen MR) is 192 cm³/mol. The van der Waals surface area contributed by atoms with Crippen LogP contribution in [0, 0.1) is 40.4 Å². The summed E-state index contributed by atoms with van der Waals surface area (Å²) in [6, 6.07) is 21.7. The van der Waals surface area contributed by atoms with Crippen molar-refractivity contribution < 1.29 is 4.39 Å². The number of rotatable bonds is 8. The van der Waals surface area contributed by atoms with Crippen LogP contribution >= 0.6 is 0 Å². The van der Waals surface area contributed by atoms with E-state index in [1.807, 2.05) is 57.8 Å². The number of halogens is 1. The lowest BCUT2D eigenvalue weighted by Gasteiger charge is -2.15. The van der Waals surface area contributed by atoms with E-state index in [1.165, 1.54) is 28.8 Å². The molecule has 0 radical (unpaired) electrons. The quantitative estimate of drug-likeness (QED) is 0.157. The Morgan fingerprint density at radius 2 is 1.34 bits per heavy atom.